The largest absolute Gasteiger partial charge is 0.314 e. The molecule has 0 radical (unpaired) electrons. The minimum absolute atomic E-state index is 0.614. The monoisotopic (exact) mass is 195 g/mol. The molecule has 0 saturated heterocycles. The average molecular weight is 195 g/mol. The maximum Gasteiger partial charge on any atom is 0.0103 e. The predicted octanol–water partition coefficient (Wildman–Crippen LogP) is 3.06. The SMILES string of the molecule is CCCN[C@@H]1C[C@@H](C)[C@@H]2C[C@@H]1C2(C)C. The van der Waals surface area contributed by atoms with Crippen LogP contribution in [0.25, 0.3) is 0 Å². The summed E-state index contributed by atoms with van der Waals surface area (Å²) in [6.07, 6.45) is 4.16. The zero-order valence-corrected chi connectivity index (χ0v) is 10.1. The zero-order chi connectivity index (χ0) is 10.3. The molecule has 3 aliphatic carbocycles. The lowest BCUT2D eigenvalue weighted by Gasteiger charge is -2.63. The van der Waals surface area contributed by atoms with Crippen LogP contribution in [-0.2, 0) is 0 Å². The Kier molecular flexibility index (Phi) is 2.63. The molecule has 1 heteroatoms. The molecule has 3 rings (SSSR count). The minimum atomic E-state index is 0.614. The van der Waals surface area contributed by atoms with Crippen LogP contribution in [0.5, 0.6) is 0 Å². The van der Waals surface area contributed by atoms with Crippen molar-refractivity contribution in [3.63, 3.8) is 0 Å². The Balaban J connectivity index is 1.99. The Hall–Kier alpha value is -0.0400. The van der Waals surface area contributed by atoms with Gasteiger partial charge in [-0.25, -0.2) is 0 Å². The van der Waals surface area contributed by atoms with Gasteiger partial charge < -0.3 is 5.32 Å². The molecule has 0 spiro atoms. The topological polar surface area (TPSA) is 12.0 Å². The van der Waals surface area contributed by atoms with Crippen LogP contribution in [0, 0.1) is 23.2 Å². The van der Waals surface area contributed by atoms with E-state index in [4.69, 9.17) is 0 Å². The first kappa shape index (κ1) is 10.5. The lowest BCUT2D eigenvalue weighted by Crippen LogP contribution is -2.61. The Morgan fingerprint density at radius 1 is 1.21 bits per heavy atom. The van der Waals surface area contributed by atoms with Gasteiger partial charge in [-0.2, -0.15) is 0 Å². The van der Waals surface area contributed by atoms with Crippen molar-refractivity contribution < 1.29 is 0 Å². The summed E-state index contributed by atoms with van der Waals surface area (Å²) in [6, 6.07) is 0.810. The van der Waals surface area contributed by atoms with Crippen molar-refractivity contribution >= 4 is 0 Å². The molecular weight excluding hydrogens is 170 g/mol. The first-order valence-corrected chi connectivity index (χ1v) is 6.30. The van der Waals surface area contributed by atoms with Gasteiger partial charge in [0.2, 0.25) is 0 Å². The summed E-state index contributed by atoms with van der Waals surface area (Å²) in [4.78, 5) is 0. The van der Waals surface area contributed by atoms with Crippen LogP contribution in [0.4, 0.5) is 0 Å². The zero-order valence-electron chi connectivity index (χ0n) is 10.1. The van der Waals surface area contributed by atoms with Gasteiger partial charge in [0.15, 0.2) is 0 Å². The van der Waals surface area contributed by atoms with Crippen molar-refractivity contribution in [1.82, 2.24) is 5.32 Å². The summed E-state index contributed by atoms with van der Waals surface area (Å²) in [5, 5.41) is 3.74. The maximum absolute atomic E-state index is 3.74. The molecule has 1 nitrogen and oxygen atoms in total. The highest BCUT2D eigenvalue weighted by Crippen LogP contribution is 2.61. The van der Waals surface area contributed by atoms with Crippen LogP contribution < -0.4 is 5.32 Å². The van der Waals surface area contributed by atoms with E-state index in [0.717, 1.165) is 23.8 Å². The molecule has 82 valence electrons. The van der Waals surface area contributed by atoms with Gasteiger partial charge in [0.1, 0.15) is 0 Å². The van der Waals surface area contributed by atoms with E-state index in [-0.39, 0.29) is 0 Å². The first-order valence-electron chi connectivity index (χ1n) is 6.30. The highest BCUT2D eigenvalue weighted by atomic mass is 14.9. The van der Waals surface area contributed by atoms with E-state index in [1.807, 2.05) is 0 Å². The third kappa shape index (κ3) is 1.41. The molecule has 3 saturated carbocycles. The Morgan fingerprint density at radius 3 is 2.43 bits per heavy atom. The Labute approximate surface area is 88.7 Å². The standard InChI is InChI=1S/C13H25N/c1-5-6-14-12-7-9(2)10-8-11(12)13(10,3)4/h9-12,14H,5-8H2,1-4H3/t9-,10+,11+,12-/m1/s1. The van der Waals surface area contributed by atoms with Crippen molar-refractivity contribution in [1.29, 1.82) is 0 Å². The predicted molar refractivity (Wildman–Crippen MR) is 61.2 cm³/mol. The Bertz CT molecular complexity index is 209. The number of hydrogen-bond donors (Lipinski definition) is 1. The number of hydrogen-bond acceptors (Lipinski definition) is 1. The van der Waals surface area contributed by atoms with Gasteiger partial charge in [-0.3, -0.25) is 0 Å². The molecule has 0 aromatic rings. The highest BCUT2D eigenvalue weighted by Gasteiger charge is 2.56. The van der Waals surface area contributed by atoms with Crippen molar-refractivity contribution in [2.24, 2.45) is 23.2 Å². The van der Waals surface area contributed by atoms with Gasteiger partial charge in [-0.05, 0) is 49.0 Å². The second-order valence-corrected chi connectivity index (χ2v) is 6.04. The molecule has 2 bridgehead atoms. The summed E-state index contributed by atoms with van der Waals surface area (Å²) in [5.41, 5.74) is 0.614. The average Bonchev–Trinajstić information content (AvgIpc) is 2.13. The molecule has 14 heavy (non-hydrogen) atoms. The molecule has 0 aromatic carbocycles. The molecule has 0 unspecified atom stereocenters. The van der Waals surface area contributed by atoms with Crippen molar-refractivity contribution in [3.8, 4) is 0 Å². The summed E-state index contributed by atoms with van der Waals surface area (Å²) in [7, 11) is 0. The summed E-state index contributed by atoms with van der Waals surface area (Å²) >= 11 is 0. The molecule has 0 heterocycles. The summed E-state index contributed by atoms with van der Waals surface area (Å²) in [6.45, 7) is 10.9. The minimum Gasteiger partial charge on any atom is -0.314 e. The van der Waals surface area contributed by atoms with E-state index < -0.39 is 0 Å². The van der Waals surface area contributed by atoms with Gasteiger partial charge in [0, 0.05) is 6.04 Å². The Morgan fingerprint density at radius 2 is 1.93 bits per heavy atom. The van der Waals surface area contributed by atoms with Crippen LogP contribution in [0.3, 0.4) is 0 Å². The molecule has 0 amide bonds. The molecule has 0 aromatic heterocycles. The molecule has 1 N–H and O–H groups in total. The van der Waals surface area contributed by atoms with Gasteiger partial charge in [0.25, 0.3) is 0 Å². The van der Waals surface area contributed by atoms with Crippen LogP contribution in [0.15, 0.2) is 0 Å². The number of fused-ring (bicyclic) bond motifs is 2. The second-order valence-electron chi connectivity index (χ2n) is 6.04. The van der Waals surface area contributed by atoms with Crippen molar-refractivity contribution in [2.45, 2.75) is 53.0 Å². The number of nitrogens with one attached hydrogen (secondary N) is 1. The maximum atomic E-state index is 3.74. The van der Waals surface area contributed by atoms with E-state index in [1.165, 1.54) is 25.8 Å². The van der Waals surface area contributed by atoms with Gasteiger partial charge >= 0.3 is 0 Å². The fraction of sp³-hybridized carbons (Fsp3) is 1.00. The number of rotatable bonds is 3. The summed E-state index contributed by atoms with van der Waals surface area (Å²) < 4.78 is 0. The lowest BCUT2D eigenvalue weighted by molar-refractivity contribution is -0.119. The van der Waals surface area contributed by atoms with Crippen LogP contribution in [0.2, 0.25) is 0 Å². The highest BCUT2D eigenvalue weighted by molar-refractivity contribution is 5.08. The van der Waals surface area contributed by atoms with Crippen LogP contribution >= 0.6 is 0 Å². The second kappa shape index (κ2) is 3.52. The third-order valence-electron chi connectivity index (χ3n) is 4.87. The first-order chi connectivity index (χ1) is 6.57. The third-order valence-corrected chi connectivity index (χ3v) is 4.87. The molecule has 4 atom stereocenters. The summed E-state index contributed by atoms with van der Waals surface area (Å²) in [5.74, 6) is 2.90. The van der Waals surface area contributed by atoms with Gasteiger partial charge in [-0.1, -0.05) is 27.7 Å². The van der Waals surface area contributed by atoms with Crippen LogP contribution in [-0.4, -0.2) is 12.6 Å². The smallest absolute Gasteiger partial charge is 0.0103 e. The van der Waals surface area contributed by atoms with E-state index in [1.54, 1.807) is 0 Å². The molecule has 3 fully saturated rings. The van der Waals surface area contributed by atoms with E-state index >= 15 is 0 Å². The molecule has 3 aliphatic rings. The van der Waals surface area contributed by atoms with Crippen molar-refractivity contribution in [3.05, 3.63) is 0 Å². The lowest BCUT2D eigenvalue weighted by atomic mass is 9.44. The fourth-order valence-corrected chi connectivity index (χ4v) is 3.93. The molecular formula is C13H25N. The van der Waals surface area contributed by atoms with E-state index in [9.17, 15) is 0 Å². The van der Waals surface area contributed by atoms with Crippen LogP contribution in [0.1, 0.15) is 47.0 Å². The normalized spacial score (nSPS) is 44.6. The van der Waals surface area contributed by atoms with E-state index in [2.05, 4.69) is 33.0 Å². The molecule has 0 aliphatic heterocycles. The van der Waals surface area contributed by atoms with Gasteiger partial charge in [0.05, 0.1) is 0 Å². The fourth-order valence-electron chi connectivity index (χ4n) is 3.93. The van der Waals surface area contributed by atoms with E-state index in [0.29, 0.717) is 5.41 Å². The van der Waals surface area contributed by atoms with Crippen molar-refractivity contribution in [2.75, 3.05) is 6.54 Å². The quantitative estimate of drug-likeness (QED) is 0.730. The van der Waals surface area contributed by atoms with Gasteiger partial charge in [-0.15, -0.1) is 0 Å².